The Bertz CT molecular complexity index is 429. The summed E-state index contributed by atoms with van der Waals surface area (Å²) in [5.41, 5.74) is 1.98. The number of ether oxygens (including phenoxy) is 2. The van der Waals surface area contributed by atoms with Crippen molar-refractivity contribution in [2.45, 2.75) is 32.7 Å². The van der Waals surface area contributed by atoms with Crippen LogP contribution in [0.1, 0.15) is 43.9 Å². The zero-order valence-electron chi connectivity index (χ0n) is 12.3. The highest BCUT2D eigenvalue weighted by Crippen LogP contribution is 2.29. The van der Waals surface area contributed by atoms with Gasteiger partial charge in [0.05, 0.1) is 13.7 Å². The fraction of sp³-hybridized carbons (Fsp3) is 0.533. The smallest absolute Gasteiger partial charge is 0.327 e. The van der Waals surface area contributed by atoms with Crippen molar-refractivity contribution >= 4 is 5.97 Å². The number of likely N-dealkylation sites (N-methyl/N-ethyl adjacent to an activating group) is 1. The molecule has 1 aromatic rings. The van der Waals surface area contributed by atoms with Crippen LogP contribution in [0.3, 0.4) is 0 Å². The summed E-state index contributed by atoms with van der Waals surface area (Å²) < 4.78 is 10.5. The van der Waals surface area contributed by atoms with Crippen LogP contribution >= 0.6 is 0 Å². The van der Waals surface area contributed by atoms with E-state index >= 15 is 0 Å². The summed E-state index contributed by atoms with van der Waals surface area (Å²) in [6, 6.07) is 5.41. The molecule has 1 atom stereocenters. The summed E-state index contributed by atoms with van der Waals surface area (Å²) in [6.07, 6.45) is 0. The molecule has 106 valence electrons. The quantitative estimate of drug-likeness (QED) is 0.803. The maximum absolute atomic E-state index is 11.9. The fourth-order valence-corrected chi connectivity index (χ4v) is 1.95. The van der Waals surface area contributed by atoms with Crippen LogP contribution in [-0.4, -0.2) is 26.7 Å². The van der Waals surface area contributed by atoms with Crippen molar-refractivity contribution in [3.8, 4) is 5.75 Å². The van der Waals surface area contributed by atoms with Gasteiger partial charge in [0, 0.05) is 5.56 Å². The van der Waals surface area contributed by atoms with E-state index in [1.54, 1.807) is 21.1 Å². The number of hydrogen-bond donors (Lipinski definition) is 1. The topological polar surface area (TPSA) is 47.6 Å². The minimum Gasteiger partial charge on any atom is -0.496 e. The maximum Gasteiger partial charge on any atom is 0.327 e. The average molecular weight is 265 g/mol. The molecule has 0 aliphatic carbocycles. The molecule has 1 unspecified atom stereocenters. The first kappa shape index (κ1) is 15.5. The highest BCUT2D eigenvalue weighted by Gasteiger charge is 2.23. The normalized spacial score (nSPS) is 12.3. The van der Waals surface area contributed by atoms with E-state index in [9.17, 15) is 4.79 Å². The van der Waals surface area contributed by atoms with Gasteiger partial charge in [0.1, 0.15) is 11.8 Å². The molecule has 4 nitrogen and oxygen atoms in total. The summed E-state index contributed by atoms with van der Waals surface area (Å²) in [7, 11) is 3.35. The van der Waals surface area contributed by atoms with Gasteiger partial charge in [-0.25, -0.2) is 4.79 Å². The zero-order chi connectivity index (χ0) is 14.4. The molecule has 1 N–H and O–H groups in total. The Labute approximate surface area is 115 Å². The number of methoxy groups -OCH3 is 1. The Kier molecular flexibility index (Phi) is 5.83. The van der Waals surface area contributed by atoms with Gasteiger partial charge in [0.25, 0.3) is 0 Å². The Hall–Kier alpha value is -1.55. The van der Waals surface area contributed by atoms with Crippen LogP contribution in [0.2, 0.25) is 0 Å². The second-order valence-corrected chi connectivity index (χ2v) is 4.63. The molecule has 1 rings (SSSR count). The number of rotatable bonds is 6. The van der Waals surface area contributed by atoms with Gasteiger partial charge in [-0.15, -0.1) is 0 Å². The lowest BCUT2D eigenvalue weighted by atomic mass is 9.98. The molecule has 1 aromatic carbocycles. The lowest BCUT2D eigenvalue weighted by molar-refractivity contribution is -0.145. The maximum atomic E-state index is 11.9. The lowest BCUT2D eigenvalue weighted by Gasteiger charge is -2.19. The summed E-state index contributed by atoms with van der Waals surface area (Å²) in [5.74, 6) is 0.831. The molecule has 0 bridgehead atoms. The van der Waals surface area contributed by atoms with Gasteiger partial charge in [-0.1, -0.05) is 26.0 Å². The first-order valence-electron chi connectivity index (χ1n) is 6.56. The van der Waals surface area contributed by atoms with E-state index < -0.39 is 6.04 Å². The highest BCUT2D eigenvalue weighted by atomic mass is 16.5. The van der Waals surface area contributed by atoms with E-state index in [1.807, 2.05) is 18.2 Å². The van der Waals surface area contributed by atoms with Crippen LogP contribution in [0, 0.1) is 0 Å². The Morgan fingerprint density at radius 2 is 2.05 bits per heavy atom. The van der Waals surface area contributed by atoms with Crippen LogP contribution in [0.4, 0.5) is 0 Å². The van der Waals surface area contributed by atoms with E-state index in [2.05, 4.69) is 19.2 Å². The molecule has 0 fully saturated rings. The molecule has 0 spiro atoms. The van der Waals surface area contributed by atoms with Crippen molar-refractivity contribution in [2.24, 2.45) is 0 Å². The molecule has 4 heteroatoms. The number of esters is 1. The molecule has 0 aliphatic rings. The third-order valence-electron chi connectivity index (χ3n) is 3.05. The SMILES string of the molecule is CCOC(=O)C(NC)c1ccc(C(C)C)cc1OC. The third-order valence-corrected chi connectivity index (χ3v) is 3.05. The molecule has 0 aromatic heterocycles. The van der Waals surface area contributed by atoms with Crippen LogP contribution < -0.4 is 10.1 Å². The van der Waals surface area contributed by atoms with Gasteiger partial charge in [-0.2, -0.15) is 0 Å². The summed E-state index contributed by atoms with van der Waals surface area (Å²) in [5, 5.41) is 2.97. The minimum atomic E-state index is -0.504. The summed E-state index contributed by atoms with van der Waals surface area (Å²) >= 11 is 0. The second-order valence-electron chi connectivity index (χ2n) is 4.63. The molecule has 0 amide bonds. The number of carbonyl (C=O) groups is 1. The molecule has 0 saturated carbocycles. The standard InChI is InChI=1S/C15H23NO3/c1-6-19-15(17)14(16-4)12-8-7-11(10(2)3)9-13(12)18-5/h7-10,14,16H,6H2,1-5H3. The van der Waals surface area contributed by atoms with Crippen molar-refractivity contribution in [3.63, 3.8) is 0 Å². The second kappa shape index (κ2) is 7.14. The Morgan fingerprint density at radius 3 is 2.53 bits per heavy atom. The van der Waals surface area contributed by atoms with Gasteiger partial charge in [-0.3, -0.25) is 0 Å². The minimum absolute atomic E-state index is 0.291. The van der Waals surface area contributed by atoms with E-state index in [4.69, 9.17) is 9.47 Å². The number of carbonyl (C=O) groups excluding carboxylic acids is 1. The molecule has 19 heavy (non-hydrogen) atoms. The molecular formula is C15H23NO3. The van der Waals surface area contributed by atoms with Crippen molar-refractivity contribution in [2.75, 3.05) is 20.8 Å². The van der Waals surface area contributed by atoms with Crippen LogP contribution in [0.25, 0.3) is 0 Å². The van der Waals surface area contributed by atoms with E-state index in [0.717, 1.165) is 5.56 Å². The zero-order valence-corrected chi connectivity index (χ0v) is 12.3. The monoisotopic (exact) mass is 265 g/mol. The van der Waals surface area contributed by atoms with Crippen molar-refractivity contribution in [1.29, 1.82) is 0 Å². The predicted octanol–water partition coefficient (Wildman–Crippen LogP) is 2.64. The van der Waals surface area contributed by atoms with E-state index in [0.29, 0.717) is 18.3 Å². The van der Waals surface area contributed by atoms with Crippen LogP contribution in [-0.2, 0) is 9.53 Å². The summed E-state index contributed by atoms with van der Waals surface area (Å²) in [4.78, 5) is 11.9. The fourth-order valence-electron chi connectivity index (χ4n) is 1.95. The van der Waals surface area contributed by atoms with E-state index in [-0.39, 0.29) is 5.97 Å². The van der Waals surface area contributed by atoms with Crippen molar-refractivity contribution in [1.82, 2.24) is 5.32 Å². The number of nitrogens with one attached hydrogen (secondary N) is 1. The highest BCUT2D eigenvalue weighted by molar-refractivity contribution is 5.78. The first-order chi connectivity index (χ1) is 9.04. The van der Waals surface area contributed by atoms with Crippen LogP contribution in [0.15, 0.2) is 18.2 Å². The Balaban J connectivity index is 3.13. The van der Waals surface area contributed by atoms with Gasteiger partial charge >= 0.3 is 5.97 Å². The van der Waals surface area contributed by atoms with Crippen LogP contribution in [0.5, 0.6) is 5.75 Å². The van der Waals surface area contributed by atoms with Gasteiger partial charge in [0.15, 0.2) is 0 Å². The lowest BCUT2D eigenvalue weighted by Crippen LogP contribution is -2.27. The first-order valence-corrected chi connectivity index (χ1v) is 6.56. The number of benzene rings is 1. The van der Waals surface area contributed by atoms with E-state index in [1.165, 1.54) is 5.56 Å². The predicted molar refractivity (Wildman–Crippen MR) is 75.5 cm³/mol. The van der Waals surface area contributed by atoms with Gasteiger partial charge in [-0.05, 0) is 31.5 Å². The van der Waals surface area contributed by atoms with Crippen molar-refractivity contribution < 1.29 is 14.3 Å². The summed E-state index contributed by atoms with van der Waals surface area (Å²) in [6.45, 7) is 6.40. The molecule has 0 saturated heterocycles. The largest absolute Gasteiger partial charge is 0.496 e. The molecule has 0 heterocycles. The number of hydrogen-bond acceptors (Lipinski definition) is 4. The van der Waals surface area contributed by atoms with Gasteiger partial charge < -0.3 is 14.8 Å². The molecular weight excluding hydrogens is 242 g/mol. The molecule has 0 radical (unpaired) electrons. The third kappa shape index (κ3) is 3.70. The average Bonchev–Trinajstić information content (AvgIpc) is 2.40. The van der Waals surface area contributed by atoms with Gasteiger partial charge in [0.2, 0.25) is 0 Å². The van der Waals surface area contributed by atoms with Crippen molar-refractivity contribution in [3.05, 3.63) is 29.3 Å². The Morgan fingerprint density at radius 1 is 1.37 bits per heavy atom. The molecule has 0 aliphatic heterocycles.